The molecule has 1 fully saturated rings. The van der Waals surface area contributed by atoms with Crippen molar-refractivity contribution < 1.29 is 0 Å². The molecule has 0 aromatic carbocycles. The largest absolute Gasteiger partial charge is 0.0853 e. The first-order valence-corrected chi connectivity index (χ1v) is 5.50. The topological polar surface area (TPSA) is 0 Å². The molecule has 0 N–H and O–H groups in total. The lowest BCUT2D eigenvalue weighted by molar-refractivity contribution is 0.451. The molecule has 0 amide bonds. The molecule has 1 unspecified atom stereocenters. The highest BCUT2D eigenvalue weighted by molar-refractivity contribution is 5.05. The van der Waals surface area contributed by atoms with E-state index in [9.17, 15) is 0 Å². The SMILES string of the molecule is CCCC/C=C1\CCCC(C)C1. The molecule has 0 heterocycles. The molecule has 0 spiro atoms. The van der Waals surface area contributed by atoms with Crippen molar-refractivity contribution in [3.63, 3.8) is 0 Å². The molecule has 1 saturated carbocycles. The Morgan fingerprint density at radius 2 is 2.33 bits per heavy atom. The van der Waals surface area contributed by atoms with Gasteiger partial charge < -0.3 is 0 Å². The maximum atomic E-state index is 2.50. The van der Waals surface area contributed by atoms with Gasteiger partial charge in [0.25, 0.3) is 0 Å². The van der Waals surface area contributed by atoms with Gasteiger partial charge in [-0.2, -0.15) is 0 Å². The van der Waals surface area contributed by atoms with Gasteiger partial charge in [0.15, 0.2) is 0 Å². The van der Waals surface area contributed by atoms with Crippen molar-refractivity contribution >= 4 is 0 Å². The van der Waals surface area contributed by atoms with Gasteiger partial charge in [0.2, 0.25) is 0 Å². The van der Waals surface area contributed by atoms with Gasteiger partial charge >= 0.3 is 0 Å². The average molecular weight is 166 g/mol. The summed E-state index contributed by atoms with van der Waals surface area (Å²) in [7, 11) is 0. The Kier molecular flexibility index (Phi) is 4.42. The summed E-state index contributed by atoms with van der Waals surface area (Å²) in [5.41, 5.74) is 1.74. The zero-order chi connectivity index (χ0) is 8.81. The van der Waals surface area contributed by atoms with Gasteiger partial charge in [0, 0.05) is 0 Å². The van der Waals surface area contributed by atoms with E-state index in [-0.39, 0.29) is 0 Å². The summed E-state index contributed by atoms with van der Waals surface area (Å²) in [6.07, 6.45) is 12.2. The normalized spacial score (nSPS) is 27.8. The van der Waals surface area contributed by atoms with E-state index in [1.165, 1.54) is 44.9 Å². The summed E-state index contributed by atoms with van der Waals surface area (Å²) in [5.74, 6) is 0.951. The Labute approximate surface area is 77.1 Å². The fourth-order valence-electron chi connectivity index (χ4n) is 2.02. The van der Waals surface area contributed by atoms with Crippen LogP contribution in [0, 0.1) is 5.92 Å². The van der Waals surface area contributed by atoms with Gasteiger partial charge in [0.05, 0.1) is 0 Å². The number of hydrogen-bond acceptors (Lipinski definition) is 0. The number of hydrogen-bond donors (Lipinski definition) is 0. The quantitative estimate of drug-likeness (QED) is 0.433. The first-order chi connectivity index (χ1) is 5.83. The van der Waals surface area contributed by atoms with Crippen LogP contribution in [0.4, 0.5) is 0 Å². The Morgan fingerprint density at radius 3 is 3.00 bits per heavy atom. The predicted molar refractivity (Wildman–Crippen MR) is 55.2 cm³/mol. The van der Waals surface area contributed by atoms with Crippen LogP contribution in [0.3, 0.4) is 0 Å². The molecule has 0 aromatic heterocycles. The van der Waals surface area contributed by atoms with Crippen LogP contribution in [-0.2, 0) is 0 Å². The fourth-order valence-corrected chi connectivity index (χ4v) is 2.02. The zero-order valence-corrected chi connectivity index (χ0v) is 8.60. The molecule has 0 nitrogen and oxygen atoms in total. The maximum absolute atomic E-state index is 2.50. The van der Waals surface area contributed by atoms with Crippen molar-refractivity contribution in [3.8, 4) is 0 Å². The van der Waals surface area contributed by atoms with Crippen molar-refractivity contribution in [2.24, 2.45) is 5.92 Å². The second-order valence-electron chi connectivity index (χ2n) is 4.21. The van der Waals surface area contributed by atoms with Crippen LogP contribution in [-0.4, -0.2) is 0 Å². The minimum atomic E-state index is 0.951. The van der Waals surface area contributed by atoms with Crippen molar-refractivity contribution in [1.29, 1.82) is 0 Å². The Bertz CT molecular complexity index is 144. The van der Waals surface area contributed by atoms with Crippen molar-refractivity contribution in [2.45, 2.75) is 58.8 Å². The monoisotopic (exact) mass is 166 g/mol. The molecule has 1 atom stereocenters. The molecular weight excluding hydrogens is 144 g/mol. The number of unbranched alkanes of at least 4 members (excludes halogenated alkanes) is 2. The van der Waals surface area contributed by atoms with E-state index in [4.69, 9.17) is 0 Å². The lowest BCUT2D eigenvalue weighted by Gasteiger charge is -2.20. The molecular formula is C12H22. The van der Waals surface area contributed by atoms with Crippen LogP contribution in [0.1, 0.15) is 58.8 Å². The zero-order valence-electron chi connectivity index (χ0n) is 8.60. The molecule has 12 heavy (non-hydrogen) atoms. The molecule has 1 rings (SSSR count). The third-order valence-electron chi connectivity index (χ3n) is 2.80. The molecule has 0 saturated heterocycles. The van der Waals surface area contributed by atoms with Crippen molar-refractivity contribution in [3.05, 3.63) is 11.6 Å². The van der Waals surface area contributed by atoms with Crippen LogP contribution in [0.2, 0.25) is 0 Å². The van der Waals surface area contributed by atoms with E-state index in [0.29, 0.717) is 0 Å². The first-order valence-electron chi connectivity index (χ1n) is 5.50. The van der Waals surface area contributed by atoms with E-state index < -0.39 is 0 Å². The van der Waals surface area contributed by atoms with Gasteiger partial charge in [-0.05, 0) is 31.6 Å². The molecule has 0 aliphatic heterocycles. The molecule has 0 aromatic rings. The summed E-state index contributed by atoms with van der Waals surface area (Å²) >= 11 is 0. The lowest BCUT2D eigenvalue weighted by atomic mass is 9.86. The summed E-state index contributed by atoms with van der Waals surface area (Å²) < 4.78 is 0. The van der Waals surface area contributed by atoms with E-state index in [1.807, 2.05) is 0 Å². The average Bonchev–Trinajstić information content (AvgIpc) is 2.05. The number of rotatable bonds is 3. The highest BCUT2D eigenvalue weighted by atomic mass is 14.2. The molecule has 70 valence electrons. The highest BCUT2D eigenvalue weighted by Gasteiger charge is 2.11. The summed E-state index contributed by atoms with van der Waals surface area (Å²) in [6, 6.07) is 0. The van der Waals surface area contributed by atoms with Crippen molar-refractivity contribution in [2.75, 3.05) is 0 Å². The summed E-state index contributed by atoms with van der Waals surface area (Å²) in [4.78, 5) is 0. The molecule has 0 radical (unpaired) electrons. The molecule has 1 aliphatic rings. The van der Waals surface area contributed by atoms with Gasteiger partial charge in [-0.3, -0.25) is 0 Å². The number of allylic oxidation sites excluding steroid dienone is 2. The minimum absolute atomic E-state index is 0.951. The van der Waals surface area contributed by atoms with E-state index in [2.05, 4.69) is 19.9 Å². The van der Waals surface area contributed by atoms with Gasteiger partial charge in [0.1, 0.15) is 0 Å². The minimum Gasteiger partial charge on any atom is -0.0853 e. The third-order valence-corrected chi connectivity index (χ3v) is 2.80. The van der Waals surface area contributed by atoms with Crippen molar-refractivity contribution in [1.82, 2.24) is 0 Å². The Morgan fingerprint density at radius 1 is 1.50 bits per heavy atom. The van der Waals surface area contributed by atoms with Gasteiger partial charge in [-0.1, -0.05) is 44.8 Å². The predicted octanol–water partition coefficient (Wildman–Crippen LogP) is 4.31. The van der Waals surface area contributed by atoms with Gasteiger partial charge in [-0.25, -0.2) is 0 Å². The van der Waals surface area contributed by atoms with Crippen LogP contribution >= 0.6 is 0 Å². The third kappa shape index (κ3) is 3.42. The maximum Gasteiger partial charge on any atom is -0.0294 e. The fraction of sp³-hybridized carbons (Fsp3) is 0.833. The van der Waals surface area contributed by atoms with Crippen LogP contribution in [0.5, 0.6) is 0 Å². The smallest absolute Gasteiger partial charge is 0.0294 e. The molecule has 0 heteroatoms. The standard InChI is InChI=1S/C12H22/c1-3-4-5-8-12-9-6-7-11(2)10-12/h8,11H,3-7,9-10H2,1-2H3/b12-8+. The molecule has 1 aliphatic carbocycles. The van der Waals surface area contributed by atoms with E-state index >= 15 is 0 Å². The Balaban J connectivity index is 2.25. The van der Waals surface area contributed by atoms with E-state index in [1.54, 1.807) is 5.57 Å². The summed E-state index contributed by atoms with van der Waals surface area (Å²) in [6.45, 7) is 4.65. The summed E-state index contributed by atoms with van der Waals surface area (Å²) in [5, 5.41) is 0. The van der Waals surface area contributed by atoms with Crippen LogP contribution in [0.15, 0.2) is 11.6 Å². The highest BCUT2D eigenvalue weighted by Crippen LogP contribution is 2.28. The second-order valence-corrected chi connectivity index (χ2v) is 4.21. The molecule has 0 bridgehead atoms. The van der Waals surface area contributed by atoms with Gasteiger partial charge in [-0.15, -0.1) is 0 Å². The van der Waals surface area contributed by atoms with E-state index in [0.717, 1.165) is 5.92 Å². The van der Waals surface area contributed by atoms with Crippen LogP contribution in [0.25, 0.3) is 0 Å². The lowest BCUT2D eigenvalue weighted by Crippen LogP contribution is -2.04. The first kappa shape index (κ1) is 9.83. The Hall–Kier alpha value is -0.260. The second kappa shape index (κ2) is 5.40. The van der Waals surface area contributed by atoms with Crippen LogP contribution < -0.4 is 0 Å².